The molecular weight excluding hydrogens is 462 g/mol. The molecule has 0 radical (unpaired) electrons. The first-order valence-corrected chi connectivity index (χ1v) is 11.4. The summed E-state index contributed by atoms with van der Waals surface area (Å²) in [6.45, 7) is 5.43. The summed E-state index contributed by atoms with van der Waals surface area (Å²) in [6.07, 6.45) is 1.39. The molecule has 0 unspecified atom stereocenters. The van der Waals surface area contributed by atoms with Crippen LogP contribution in [-0.4, -0.2) is 20.9 Å². The van der Waals surface area contributed by atoms with Gasteiger partial charge in [0.2, 0.25) is 0 Å². The van der Waals surface area contributed by atoms with E-state index >= 15 is 0 Å². The molecule has 3 heterocycles. The SMILES string of the molecule is Cc1nc(N[C@@H](C)c2cc3cc(Cl)c(O[C@H](C)c4ccccn4)cc3[nH]c2=O)sc1C(N)=O. The van der Waals surface area contributed by atoms with E-state index in [1.807, 2.05) is 32.0 Å². The quantitative estimate of drug-likeness (QED) is 0.348. The number of hydrogen-bond donors (Lipinski definition) is 3. The van der Waals surface area contributed by atoms with Crippen molar-refractivity contribution in [1.29, 1.82) is 0 Å². The van der Waals surface area contributed by atoms with Gasteiger partial charge >= 0.3 is 0 Å². The zero-order valence-electron chi connectivity index (χ0n) is 18.2. The Morgan fingerprint density at radius 2 is 2.06 bits per heavy atom. The van der Waals surface area contributed by atoms with Crippen molar-refractivity contribution >= 4 is 44.9 Å². The summed E-state index contributed by atoms with van der Waals surface area (Å²) in [5.41, 5.74) is 7.54. The van der Waals surface area contributed by atoms with E-state index in [1.165, 1.54) is 0 Å². The van der Waals surface area contributed by atoms with Crippen LogP contribution in [0, 0.1) is 6.92 Å². The Labute approximate surface area is 198 Å². The van der Waals surface area contributed by atoms with Crippen LogP contribution in [0.2, 0.25) is 5.02 Å². The molecule has 0 saturated heterocycles. The lowest BCUT2D eigenvalue weighted by Gasteiger charge is -2.17. The number of nitrogens with one attached hydrogen (secondary N) is 2. The number of amides is 1. The Balaban J connectivity index is 1.60. The van der Waals surface area contributed by atoms with Gasteiger partial charge in [0, 0.05) is 23.2 Å². The number of halogens is 1. The first kappa shape index (κ1) is 22.8. The van der Waals surface area contributed by atoms with E-state index in [4.69, 9.17) is 22.1 Å². The van der Waals surface area contributed by atoms with Gasteiger partial charge in [-0.3, -0.25) is 14.6 Å². The van der Waals surface area contributed by atoms with E-state index in [9.17, 15) is 9.59 Å². The minimum absolute atomic E-state index is 0.253. The Morgan fingerprint density at radius 3 is 2.73 bits per heavy atom. The summed E-state index contributed by atoms with van der Waals surface area (Å²) < 4.78 is 6.00. The first-order chi connectivity index (χ1) is 15.7. The second kappa shape index (κ2) is 9.21. The number of ether oxygens (including phenoxy) is 1. The molecule has 0 saturated carbocycles. The minimum atomic E-state index is -0.528. The number of aromatic amines is 1. The van der Waals surface area contributed by atoms with E-state index in [-0.39, 0.29) is 17.7 Å². The summed E-state index contributed by atoms with van der Waals surface area (Å²) in [7, 11) is 0. The van der Waals surface area contributed by atoms with Gasteiger partial charge in [0.15, 0.2) is 5.13 Å². The van der Waals surface area contributed by atoms with Gasteiger partial charge in [0.25, 0.3) is 11.5 Å². The number of primary amides is 1. The summed E-state index contributed by atoms with van der Waals surface area (Å²) in [5.74, 6) is -0.0755. The second-order valence-corrected chi connectivity index (χ2v) is 9.01. The Kier molecular flexibility index (Phi) is 6.35. The van der Waals surface area contributed by atoms with Crippen LogP contribution >= 0.6 is 22.9 Å². The number of H-pyrrole nitrogens is 1. The van der Waals surface area contributed by atoms with Crippen LogP contribution in [0.5, 0.6) is 5.75 Å². The van der Waals surface area contributed by atoms with Crippen LogP contribution in [0.1, 0.15) is 52.6 Å². The van der Waals surface area contributed by atoms with Gasteiger partial charge < -0.3 is 20.8 Å². The first-order valence-electron chi connectivity index (χ1n) is 10.2. The fraction of sp³-hybridized carbons (Fsp3) is 0.217. The highest BCUT2D eigenvalue weighted by Gasteiger charge is 2.18. The van der Waals surface area contributed by atoms with Crippen molar-refractivity contribution in [1.82, 2.24) is 15.0 Å². The van der Waals surface area contributed by atoms with Gasteiger partial charge in [-0.05, 0) is 45.0 Å². The number of fused-ring (bicyclic) bond motifs is 1. The predicted octanol–water partition coefficient (Wildman–Crippen LogP) is 4.75. The molecule has 0 fully saturated rings. The Bertz CT molecular complexity index is 1390. The molecular formula is C23H22ClN5O3S. The number of carbonyl (C=O) groups excluding carboxylic acids is 1. The predicted molar refractivity (Wildman–Crippen MR) is 130 cm³/mol. The molecule has 8 nitrogen and oxygen atoms in total. The van der Waals surface area contributed by atoms with E-state index in [0.717, 1.165) is 22.4 Å². The van der Waals surface area contributed by atoms with Crippen molar-refractivity contribution in [3.63, 3.8) is 0 Å². The highest BCUT2D eigenvalue weighted by Crippen LogP contribution is 2.33. The summed E-state index contributed by atoms with van der Waals surface area (Å²) in [6, 6.07) is 10.5. The van der Waals surface area contributed by atoms with Crippen LogP contribution in [0.4, 0.5) is 5.13 Å². The molecule has 33 heavy (non-hydrogen) atoms. The molecule has 0 aliphatic carbocycles. The van der Waals surface area contributed by atoms with E-state index in [2.05, 4.69) is 20.3 Å². The van der Waals surface area contributed by atoms with Crippen molar-refractivity contribution in [2.24, 2.45) is 5.73 Å². The second-order valence-electron chi connectivity index (χ2n) is 7.60. The Hall–Kier alpha value is -3.43. The number of benzene rings is 1. The zero-order chi connectivity index (χ0) is 23.7. The van der Waals surface area contributed by atoms with Crippen LogP contribution in [-0.2, 0) is 0 Å². The number of anilines is 1. The van der Waals surface area contributed by atoms with Crippen molar-refractivity contribution < 1.29 is 9.53 Å². The lowest BCUT2D eigenvalue weighted by Crippen LogP contribution is -2.19. The number of pyridine rings is 2. The van der Waals surface area contributed by atoms with Crippen LogP contribution < -0.4 is 21.3 Å². The standard InChI is InChI=1S/C23H22ClN5O3S/c1-11(27-23-28-12(2)20(33-23)21(25)30)15-8-14-9-16(24)19(10-18(14)29-22(15)31)32-13(3)17-6-4-5-7-26-17/h4-11,13H,1-3H3,(H2,25,30)(H,27,28)(H,29,31)/t11-,13+/m0/s1. The lowest BCUT2D eigenvalue weighted by molar-refractivity contribution is 0.100. The van der Waals surface area contributed by atoms with Gasteiger partial charge in [-0.15, -0.1) is 0 Å². The maximum Gasteiger partial charge on any atom is 0.260 e. The smallest absolute Gasteiger partial charge is 0.260 e. The monoisotopic (exact) mass is 483 g/mol. The van der Waals surface area contributed by atoms with Crippen LogP contribution in [0.15, 0.2) is 47.4 Å². The lowest BCUT2D eigenvalue weighted by atomic mass is 10.1. The maximum absolute atomic E-state index is 12.8. The third-order valence-electron chi connectivity index (χ3n) is 5.16. The number of aromatic nitrogens is 3. The number of rotatable bonds is 7. The van der Waals surface area contributed by atoms with Crippen LogP contribution in [0.3, 0.4) is 0 Å². The highest BCUT2D eigenvalue weighted by molar-refractivity contribution is 7.17. The molecule has 4 N–H and O–H groups in total. The normalized spacial score (nSPS) is 13.0. The maximum atomic E-state index is 12.8. The number of thiazole rings is 1. The number of nitrogens with zero attached hydrogens (tertiary/aromatic N) is 2. The molecule has 10 heteroatoms. The average Bonchev–Trinajstić information content (AvgIpc) is 3.15. The zero-order valence-corrected chi connectivity index (χ0v) is 19.8. The van der Waals surface area contributed by atoms with Crippen LogP contribution in [0.25, 0.3) is 10.9 Å². The molecule has 0 aliphatic rings. The number of carbonyl (C=O) groups is 1. The van der Waals surface area contributed by atoms with E-state index < -0.39 is 5.91 Å². The summed E-state index contributed by atoms with van der Waals surface area (Å²) in [4.78, 5) is 36.2. The molecule has 170 valence electrons. The summed E-state index contributed by atoms with van der Waals surface area (Å²) in [5, 5.41) is 4.86. The number of hydrogen-bond acceptors (Lipinski definition) is 7. The molecule has 1 amide bonds. The average molecular weight is 484 g/mol. The van der Waals surface area contributed by atoms with Crippen molar-refractivity contribution in [3.05, 3.63) is 79.8 Å². The van der Waals surface area contributed by atoms with Gasteiger partial charge in [0.05, 0.1) is 28.0 Å². The van der Waals surface area contributed by atoms with E-state index in [0.29, 0.717) is 37.6 Å². The molecule has 2 atom stereocenters. The fourth-order valence-corrected chi connectivity index (χ4v) is 4.58. The van der Waals surface area contributed by atoms with Gasteiger partial charge in [0.1, 0.15) is 16.7 Å². The van der Waals surface area contributed by atoms with Crippen molar-refractivity contribution in [3.8, 4) is 5.75 Å². The molecule has 0 bridgehead atoms. The molecule has 4 aromatic rings. The highest BCUT2D eigenvalue weighted by atomic mass is 35.5. The Morgan fingerprint density at radius 1 is 1.27 bits per heavy atom. The minimum Gasteiger partial charge on any atom is -0.483 e. The molecule has 1 aromatic carbocycles. The molecule has 4 rings (SSSR count). The molecule has 0 spiro atoms. The third-order valence-corrected chi connectivity index (χ3v) is 6.56. The van der Waals surface area contributed by atoms with Crippen molar-refractivity contribution in [2.45, 2.75) is 32.9 Å². The number of aryl methyl sites for hydroxylation is 1. The topological polar surface area (TPSA) is 123 Å². The molecule has 0 aliphatic heterocycles. The number of nitrogens with two attached hydrogens (primary N) is 1. The van der Waals surface area contributed by atoms with E-state index in [1.54, 1.807) is 31.3 Å². The third kappa shape index (κ3) is 4.84. The summed E-state index contributed by atoms with van der Waals surface area (Å²) >= 11 is 7.64. The fourth-order valence-electron chi connectivity index (χ4n) is 3.45. The molecule has 3 aromatic heterocycles. The van der Waals surface area contributed by atoms with Crippen molar-refractivity contribution in [2.75, 3.05) is 5.32 Å². The largest absolute Gasteiger partial charge is 0.483 e. The van der Waals surface area contributed by atoms with Gasteiger partial charge in [-0.25, -0.2) is 4.98 Å². The van der Waals surface area contributed by atoms with Gasteiger partial charge in [-0.2, -0.15) is 0 Å². The van der Waals surface area contributed by atoms with Gasteiger partial charge in [-0.1, -0.05) is 29.0 Å².